The summed E-state index contributed by atoms with van der Waals surface area (Å²) >= 11 is 0. The van der Waals surface area contributed by atoms with E-state index in [9.17, 15) is 17.6 Å². The number of aromatic nitrogens is 1. The van der Waals surface area contributed by atoms with Gasteiger partial charge in [-0.3, -0.25) is 9.52 Å². The van der Waals surface area contributed by atoms with E-state index in [0.717, 1.165) is 24.0 Å². The number of halogens is 1. The van der Waals surface area contributed by atoms with Gasteiger partial charge < -0.3 is 10.1 Å². The summed E-state index contributed by atoms with van der Waals surface area (Å²) in [5.41, 5.74) is 0.620. The molecule has 9 heteroatoms. The molecule has 7 nitrogen and oxygen atoms in total. The zero-order valence-electron chi connectivity index (χ0n) is 13.0. The summed E-state index contributed by atoms with van der Waals surface area (Å²) < 4.78 is 43.3. The third kappa shape index (κ3) is 4.92. The van der Waals surface area contributed by atoms with Gasteiger partial charge in [-0.2, -0.15) is 0 Å². The number of rotatable bonds is 6. The van der Waals surface area contributed by atoms with Crippen LogP contribution in [0.25, 0.3) is 0 Å². The van der Waals surface area contributed by atoms with Crippen molar-refractivity contribution < 1.29 is 22.3 Å². The second kappa shape index (κ2) is 7.26. The number of ether oxygens (including phenoxy) is 1. The van der Waals surface area contributed by atoms with Crippen LogP contribution in [0.5, 0.6) is 5.88 Å². The molecule has 1 aromatic heterocycles. The smallest absolute Gasteiger partial charge is 0.253 e. The van der Waals surface area contributed by atoms with Crippen LogP contribution in [0.4, 0.5) is 10.1 Å². The molecular formula is C15H16FN3O4S. The predicted octanol–water partition coefficient (Wildman–Crippen LogP) is 1.53. The van der Waals surface area contributed by atoms with Crippen molar-refractivity contribution in [1.82, 2.24) is 10.3 Å². The molecule has 1 amide bonds. The van der Waals surface area contributed by atoms with E-state index in [1.807, 2.05) is 0 Å². The molecule has 0 spiro atoms. The number of hydrogen-bond acceptors (Lipinski definition) is 5. The number of methoxy groups -OCH3 is 1. The van der Waals surface area contributed by atoms with E-state index in [4.69, 9.17) is 4.74 Å². The van der Waals surface area contributed by atoms with Crippen molar-refractivity contribution in [2.75, 3.05) is 18.1 Å². The van der Waals surface area contributed by atoms with Gasteiger partial charge >= 0.3 is 0 Å². The highest BCUT2D eigenvalue weighted by Gasteiger charge is 2.15. The van der Waals surface area contributed by atoms with Crippen LogP contribution in [0, 0.1) is 5.82 Å². The van der Waals surface area contributed by atoms with E-state index in [1.165, 1.54) is 19.4 Å². The highest BCUT2D eigenvalue weighted by Crippen LogP contribution is 2.18. The number of amides is 1. The quantitative estimate of drug-likeness (QED) is 0.821. The van der Waals surface area contributed by atoms with Crippen molar-refractivity contribution >= 4 is 21.6 Å². The second-order valence-electron chi connectivity index (χ2n) is 4.95. The fourth-order valence-corrected chi connectivity index (χ4v) is 2.52. The summed E-state index contributed by atoms with van der Waals surface area (Å²) in [7, 11) is -2.13. The highest BCUT2D eigenvalue weighted by molar-refractivity contribution is 7.92. The molecule has 0 saturated carbocycles. The Labute approximate surface area is 138 Å². The van der Waals surface area contributed by atoms with E-state index in [2.05, 4.69) is 15.0 Å². The average Bonchev–Trinajstić information content (AvgIpc) is 2.53. The summed E-state index contributed by atoms with van der Waals surface area (Å²) in [4.78, 5) is 16.2. The molecule has 2 N–H and O–H groups in total. The first kappa shape index (κ1) is 17.7. The molecule has 1 aromatic carbocycles. The van der Waals surface area contributed by atoms with E-state index < -0.39 is 21.7 Å². The lowest BCUT2D eigenvalue weighted by atomic mass is 10.1. The Balaban J connectivity index is 2.18. The number of nitrogens with zero attached hydrogens (tertiary/aromatic N) is 1. The number of pyridine rings is 1. The molecule has 0 aliphatic carbocycles. The molecule has 1 heterocycles. The first-order valence-electron chi connectivity index (χ1n) is 6.83. The molecule has 0 fully saturated rings. The SMILES string of the molecule is COc1cc(CNC(=O)c2cc(F)ccc2NS(C)(=O)=O)ccn1. The molecule has 0 aliphatic rings. The average molecular weight is 353 g/mol. The van der Waals surface area contributed by atoms with E-state index >= 15 is 0 Å². The molecule has 2 rings (SSSR count). The molecule has 0 radical (unpaired) electrons. The van der Waals surface area contributed by atoms with Crippen LogP contribution in [-0.4, -0.2) is 32.7 Å². The van der Waals surface area contributed by atoms with E-state index in [1.54, 1.807) is 12.1 Å². The van der Waals surface area contributed by atoms with Gasteiger partial charge in [0, 0.05) is 18.8 Å². The molecule has 0 saturated heterocycles. The lowest BCUT2D eigenvalue weighted by Gasteiger charge is -2.11. The van der Waals surface area contributed by atoms with Crippen molar-refractivity contribution in [1.29, 1.82) is 0 Å². The number of carbonyl (C=O) groups is 1. The van der Waals surface area contributed by atoms with Gasteiger partial charge in [0.05, 0.1) is 24.6 Å². The first-order valence-corrected chi connectivity index (χ1v) is 8.72. The Morgan fingerprint density at radius 1 is 1.29 bits per heavy atom. The van der Waals surface area contributed by atoms with Crippen molar-refractivity contribution in [3.05, 3.63) is 53.5 Å². The number of anilines is 1. The third-order valence-corrected chi connectivity index (χ3v) is 3.57. The summed E-state index contributed by atoms with van der Waals surface area (Å²) in [6, 6.07) is 6.56. The second-order valence-corrected chi connectivity index (χ2v) is 6.70. The molecule has 0 unspecified atom stereocenters. The van der Waals surface area contributed by atoms with Crippen molar-refractivity contribution in [2.45, 2.75) is 6.54 Å². The van der Waals surface area contributed by atoms with Crippen LogP contribution in [0.15, 0.2) is 36.5 Å². The Morgan fingerprint density at radius 2 is 2.04 bits per heavy atom. The lowest BCUT2D eigenvalue weighted by Crippen LogP contribution is -2.25. The summed E-state index contributed by atoms with van der Waals surface area (Å²) in [6.45, 7) is 0.145. The molecule has 24 heavy (non-hydrogen) atoms. The lowest BCUT2D eigenvalue weighted by molar-refractivity contribution is 0.0951. The van der Waals surface area contributed by atoms with Gasteiger partial charge in [-0.15, -0.1) is 0 Å². The zero-order chi connectivity index (χ0) is 17.7. The van der Waals surface area contributed by atoms with Crippen molar-refractivity contribution in [2.24, 2.45) is 0 Å². The van der Waals surface area contributed by atoms with Crippen LogP contribution >= 0.6 is 0 Å². The Morgan fingerprint density at radius 3 is 2.71 bits per heavy atom. The number of benzene rings is 1. The van der Waals surface area contributed by atoms with Gasteiger partial charge in [0.1, 0.15) is 5.82 Å². The topological polar surface area (TPSA) is 97.4 Å². The van der Waals surface area contributed by atoms with E-state index in [-0.39, 0.29) is 17.8 Å². The minimum atomic E-state index is -3.60. The number of nitrogens with one attached hydrogen (secondary N) is 2. The number of carbonyl (C=O) groups excluding carboxylic acids is 1. The van der Waals surface area contributed by atoms with Gasteiger partial charge in [-0.1, -0.05) is 0 Å². The molecule has 0 bridgehead atoms. The normalized spacial score (nSPS) is 11.0. The van der Waals surface area contributed by atoms with Crippen molar-refractivity contribution in [3.8, 4) is 5.88 Å². The molecular weight excluding hydrogens is 337 g/mol. The highest BCUT2D eigenvalue weighted by atomic mass is 32.2. The fraction of sp³-hybridized carbons (Fsp3) is 0.200. The summed E-state index contributed by atoms with van der Waals surface area (Å²) in [5.74, 6) is -0.867. The largest absolute Gasteiger partial charge is 0.481 e. The summed E-state index contributed by atoms with van der Waals surface area (Å²) in [6.07, 6.45) is 2.47. The van der Waals surface area contributed by atoms with E-state index in [0.29, 0.717) is 5.88 Å². The van der Waals surface area contributed by atoms with Crippen LogP contribution in [0.2, 0.25) is 0 Å². The Hall–Kier alpha value is -2.68. The maximum absolute atomic E-state index is 13.4. The standard InChI is InChI=1S/C15H16FN3O4S/c1-23-14-7-10(5-6-17-14)9-18-15(20)12-8-11(16)3-4-13(12)19-24(2,21)22/h3-8,19H,9H2,1-2H3,(H,18,20). The third-order valence-electron chi connectivity index (χ3n) is 2.98. The van der Waals surface area contributed by atoms with Crippen LogP contribution in [0.1, 0.15) is 15.9 Å². The van der Waals surface area contributed by atoms with Gasteiger partial charge in [0.2, 0.25) is 15.9 Å². The van der Waals surface area contributed by atoms with Crippen LogP contribution in [-0.2, 0) is 16.6 Å². The maximum atomic E-state index is 13.4. The van der Waals surface area contributed by atoms with Gasteiger partial charge in [0.25, 0.3) is 5.91 Å². The van der Waals surface area contributed by atoms with Gasteiger partial charge in [0.15, 0.2) is 0 Å². The Bertz CT molecular complexity index is 856. The monoisotopic (exact) mass is 353 g/mol. The molecule has 0 atom stereocenters. The number of sulfonamides is 1. The summed E-state index contributed by atoms with van der Waals surface area (Å²) in [5, 5.41) is 2.60. The van der Waals surface area contributed by atoms with Crippen LogP contribution < -0.4 is 14.8 Å². The van der Waals surface area contributed by atoms with Crippen molar-refractivity contribution in [3.63, 3.8) is 0 Å². The Kier molecular flexibility index (Phi) is 5.35. The first-order chi connectivity index (χ1) is 11.3. The minimum Gasteiger partial charge on any atom is -0.481 e. The fourth-order valence-electron chi connectivity index (χ4n) is 1.94. The maximum Gasteiger partial charge on any atom is 0.253 e. The molecule has 0 aliphatic heterocycles. The zero-order valence-corrected chi connectivity index (χ0v) is 13.9. The van der Waals surface area contributed by atoms with Gasteiger partial charge in [-0.05, 0) is 29.8 Å². The molecule has 128 valence electrons. The van der Waals surface area contributed by atoms with Crippen LogP contribution in [0.3, 0.4) is 0 Å². The molecule has 2 aromatic rings. The minimum absolute atomic E-state index is 0.00343. The number of hydrogen-bond donors (Lipinski definition) is 2. The predicted molar refractivity (Wildman–Crippen MR) is 86.8 cm³/mol. The van der Waals surface area contributed by atoms with Gasteiger partial charge in [-0.25, -0.2) is 17.8 Å².